The second kappa shape index (κ2) is 9.92. The number of hydrogen-bond donors (Lipinski definition) is 1. The molecule has 0 unspecified atom stereocenters. The van der Waals surface area contributed by atoms with Crippen molar-refractivity contribution in [3.05, 3.63) is 29.8 Å². The van der Waals surface area contributed by atoms with Crippen LogP contribution in [0.1, 0.15) is 51.0 Å². The highest BCUT2D eigenvalue weighted by molar-refractivity contribution is 7.89. The third-order valence-electron chi connectivity index (χ3n) is 6.13. The van der Waals surface area contributed by atoms with Crippen molar-refractivity contribution in [2.24, 2.45) is 5.92 Å². The molecular formula is C22H33N3O4S. The summed E-state index contributed by atoms with van der Waals surface area (Å²) in [5, 5.41) is 2.94. The van der Waals surface area contributed by atoms with Gasteiger partial charge >= 0.3 is 0 Å². The van der Waals surface area contributed by atoms with Gasteiger partial charge in [-0.15, -0.1) is 0 Å². The predicted octanol–water partition coefficient (Wildman–Crippen LogP) is 2.30. The number of benzene rings is 1. The minimum absolute atomic E-state index is 0.00414. The molecule has 1 aromatic carbocycles. The van der Waals surface area contributed by atoms with Gasteiger partial charge in [0.1, 0.15) is 6.04 Å². The van der Waals surface area contributed by atoms with E-state index in [1.54, 1.807) is 29.2 Å². The smallest absolute Gasteiger partial charge is 0.243 e. The minimum atomic E-state index is -3.54. The standard InChI is InChI=1S/C22H33N3O4S/c1-3-4-13-23-21(26)20-6-5-14-25(20)22(27)18-11-15-24(16-12-18)30(28,29)19-9-7-17(2)8-10-19/h7-10,18,20H,3-6,11-16H2,1-2H3,(H,23,26)/t20-/m1/s1. The van der Waals surface area contributed by atoms with E-state index in [1.807, 2.05) is 6.92 Å². The monoisotopic (exact) mass is 435 g/mol. The van der Waals surface area contributed by atoms with Crippen LogP contribution in [-0.4, -0.2) is 61.7 Å². The lowest BCUT2D eigenvalue weighted by molar-refractivity contribution is -0.142. The zero-order valence-corrected chi connectivity index (χ0v) is 18.8. The summed E-state index contributed by atoms with van der Waals surface area (Å²) in [6, 6.07) is 6.47. The SMILES string of the molecule is CCCCNC(=O)[C@H]1CCCN1C(=O)C1CCN(S(=O)(=O)c2ccc(C)cc2)CC1. The maximum atomic E-state index is 13.1. The lowest BCUT2D eigenvalue weighted by Crippen LogP contribution is -2.50. The summed E-state index contributed by atoms with van der Waals surface area (Å²) in [5.74, 6) is -0.289. The van der Waals surface area contributed by atoms with Crippen molar-refractivity contribution < 1.29 is 18.0 Å². The Kier molecular flexibility index (Phi) is 7.52. The second-order valence-electron chi connectivity index (χ2n) is 8.33. The average molecular weight is 436 g/mol. The van der Waals surface area contributed by atoms with Crippen LogP contribution in [0.2, 0.25) is 0 Å². The van der Waals surface area contributed by atoms with Crippen molar-refractivity contribution in [3.63, 3.8) is 0 Å². The first kappa shape index (κ1) is 22.7. The number of amides is 2. The molecule has 0 spiro atoms. The Morgan fingerprint density at radius 2 is 1.73 bits per heavy atom. The van der Waals surface area contributed by atoms with E-state index < -0.39 is 10.0 Å². The largest absolute Gasteiger partial charge is 0.354 e. The first-order valence-corrected chi connectivity index (χ1v) is 12.4. The molecule has 8 heteroatoms. The predicted molar refractivity (Wildman–Crippen MR) is 115 cm³/mol. The van der Waals surface area contributed by atoms with Crippen LogP contribution in [0.3, 0.4) is 0 Å². The highest BCUT2D eigenvalue weighted by Gasteiger charge is 2.39. The minimum Gasteiger partial charge on any atom is -0.354 e. The molecule has 166 valence electrons. The third kappa shape index (κ3) is 5.03. The molecule has 1 aromatic rings. The topological polar surface area (TPSA) is 86.8 Å². The molecule has 2 amide bonds. The van der Waals surface area contributed by atoms with Crippen LogP contribution in [0, 0.1) is 12.8 Å². The summed E-state index contributed by atoms with van der Waals surface area (Å²) in [5.41, 5.74) is 1.01. The average Bonchev–Trinajstić information content (AvgIpc) is 3.24. The Hall–Kier alpha value is -1.93. The first-order chi connectivity index (χ1) is 14.3. The fourth-order valence-corrected chi connectivity index (χ4v) is 5.72. The second-order valence-corrected chi connectivity index (χ2v) is 10.3. The van der Waals surface area contributed by atoms with E-state index in [9.17, 15) is 18.0 Å². The Morgan fingerprint density at radius 1 is 1.07 bits per heavy atom. The molecule has 1 N–H and O–H groups in total. The molecule has 0 bridgehead atoms. The van der Waals surface area contributed by atoms with Gasteiger partial charge in [0.25, 0.3) is 0 Å². The van der Waals surface area contributed by atoms with E-state index in [1.165, 1.54) is 4.31 Å². The Morgan fingerprint density at radius 3 is 2.37 bits per heavy atom. The number of carbonyl (C=O) groups is 2. The number of unbranched alkanes of at least 4 members (excludes halogenated alkanes) is 1. The number of nitrogens with one attached hydrogen (secondary N) is 1. The number of nitrogens with zero attached hydrogens (tertiary/aromatic N) is 2. The molecule has 2 saturated heterocycles. The molecule has 2 aliphatic rings. The molecule has 3 rings (SSSR count). The van der Waals surface area contributed by atoms with E-state index in [-0.39, 0.29) is 23.8 Å². The van der Waals surface area contributed by atoms with Crippen LogP contribution in [-0.2, 0) is 19.6 Å². The van der Waals surface area contributed by atoms with E-state index in [0.29, 0.717) is 50.3 Å². The summed E-state index contributed by atoms with van der Waals surface area (Å²) in [6.45, 7) is 5.89. The lowest BCUT2D eigenvalue weighted by atomic mass is 9.96. The number of piperidine rings is 1. The Bertz CT molecular complexity index is 846. The van der Waals surface area contributed by atoms with Gasteiger partial charge in [-0.05, 0) is 51.2 Å². The molecule has 2 fully saturated rings. The highest BCUT2D eigenvalue weighted by Crippen LogP contribution is 2.28. The van der Waals surface area contributed by atoms with E-state index in [0.717, 1.165) is 24.8 Å². The molecule has 30 heavy (non-hydrogen) atoms. The number of sulfonamides is 1. The summed E-state index contributed by atoms with van der Waals surface area (Å²) >= 11 is 0. The number of hydrogen-bond acceptors (Lipinski definition) is 4. The Balaban J connectivity index is 1.58. The molecule has 0 saturated carbocycles. The van der Waals surface area contributed by atoms with Crippen LogP contribution >= 0.6 is 0 Å². The van der Waals surface area contributed by atoms with Gasteiger partial charge in [-0.3, -0.25) is 9.59 Å². The zero-order valence-electron chi connectivity index (χ0n) is 18.0. The van der Waals surface area contributed by atoms with Crippen molar-refractivity contribution in [1.82, 2.24) is 14.5 Å². The molecule has 0 aliphatic carbocycles. The number of aryl methyl sites for hydroxylation is 1. The molecule has 2 aliphatic heterocycles. The quantitative estimate of drug-likeness (QED) is 0.666. The van der Waals surface area contributed by atoms with Gasteiger partial charge < -0.3 is 10.2 Å². The summed E-state index contributed by atoms with van der Waals surface area (Å²) in [4.78, 5) is 27.6. The van der Waals surface area contributed by atoms with Gasteiger partial charge in [0.05, 0.1) is 4.90 Å². The maximum absolute atomic E-state index is 13.1. The van der Waals surface area contributed by atoms with Crippen molar-refractivity contribution in [2.45, 2.75) is 63.3 Å². The van der Waals surface area contributed by atoms with Crippen LogP contribution in [0.15, 0.2) is 29.2 Å². The summed E-state index contributed by atoms with van der Waals surface area (Å²) in [6.07, 6.45) is 4.45. The fourth-order valence-electron chi connectivity index (χ4n) is 4.25. The van der Waals surface area contributed by atoms with E-state index in [4.69, 9.17) is 0 Å². The first-order valence-electron chi connectivity index (χ1n) is 11.0. The maximum Gasteiger partial charge on any atom is 0.243 e. The van der Waals surface area contributed by atoms with Crippen molar-refractivity contribution in [2.75, 3.05) is 26.2 Å². The van der Waals surface area contributed by atoms with Crippen molar-refractivity contribution >= 4 is 21.8 Å². The van der Waals surface area contributed by atoms with Crippen LogP contribution in [0.4, 0.5) is 0 Å². The van der Waals surface area contributed by atoms with Crippen LogP contribution in [0.5, 0.6) is 0 Å². The zero-order chi connectivity index (χ0) is 21.7. The van der Waals surface area contributed by atoms with Gasteiger partial charge in [0.15, 0.2) is 0 Å². The van der Waals surface area contributed by atoms with Gasteiger partial charge in [-0.2, -0.15) is 4.31 Å². The van der Waals surface area contributed by atoms with Crippen molar-refractivity contribution in [1.29, 1.82) is 0 Å². The van der Waals surface area contributed by atoms with Crippen LogP contribution in [0.25, 0.3) is 0 Å². The third-order valence-corrected chi connectivity index (χ3v) is 8.04. The van der Waals surface area contributed by atoms with Crippen LogP contribution < -0.4 is 5.32 Å². The van der Waals surface area contributed by atoms with E-state index >= 15 is 0 Å². The molecule has 7 nitrogen and oxygen atoms in total. The molecule has 2 heterocycles. The van der Waals surface area contributed by atoms with Gasteiger partial charge in [0.2, 0.25) is 21.8 Å². The lowest BCUT2D eigenvalue weighted by Gasteiger charge is -2.34. The normalized spacial score (nSPS) is 21.0. The van der Waals surface area contributed by atoms with Gasteiger partial charge in [-0.1, -0.05) is 31.0 Å². The Labute approximate surface area is 179 Å². The number of likely N-dealkylation sites (tertiary alicyclic amines) is 1. The fraction of sp³-hybridized carbons (Fsp3) is 0.636. The molecular weight excluding hydrogens is 402 g/mol. The summed E-state index contributed by atoms with van der Waals surface area (Å²) in [7, 11) is -3.54. The van der Waals surface area contributed by atoms with Gasteiger partial charge in [-0.25, -0.2) is 8.42 Å². The van der Waals surface area contributed by atoms with Gasteiger partial charge in [0, 0.05) is 32.1 Å². The van der Waals surface area contributed by atoms with Crippen molar-refractivity contribution in [3.8, 4) is 0 Å². The van der Waals surface area contributed by atoms with E-state index in [2.05, 4.69) is 12.2 Å². The molecule has 0 aromatic heterocycles. The number of carbonyl (C=O) groups excluding carboxylic acids is 2. The number of rotatable bonds is 7. The highest BCUT2D eigenvalue weighted by atomic mass is 32.2. The molecule has 1 atom stereocenters. The summed E-state index contributed by atoms with van der Waals surface area (Å²) < 4.78 is 27.2. The molecule has 0 radical (unpaired) electrons.